The number of amidine groups is 2. The Bertz CT molecular complexity index is 1220. The molecule has 1 saturated heterocycles. The molecule has 2 amide bonds. The second-order valence-corrected chi connectivity index (χ2v) is 8.88. The second kappa shape index (κ2) is 8.78. The van der Waals surface area contributed by atoms with Crippen LogP contribution in [-0.2, 0) is 9.59 Å². The molecular formula is C23H20FN5O3S. The van der Waals surface area contributed by atoms with Crippen molar-refractivity contribution >= 4 is 45.7 Å². The molecule has 1 aromatic carbocycles. The van der Waals surface area contributed by atoms with Crippen LogP contribution in [0.15, 0.2) is 56.5 Å². The number of hydrazone groups is 1. The summed E-state index contributed by atoms with van der Waals surface area (Å²) in [5.74, 6) is -0.177. The summed E-state index contributed by atoms with van der Waals surface area (Å²) in [5, 5.41) is 14.9. The molecule has 0 aliphatic carbocycles. The fourth-order valence-electron chi connectivity index (χ4n) is 3.83. The summed E-state index contributed by atoms with van der Waals surface area (Å²) < 4.78 is 18.9. The van der Waals surface area contributed by atoms with Crippen molar-refractivity contribution in [3.8, 4) is 11.3 Å². The molecule has 0 radical (unpaired) electrons. The van der Waals surface area contributed by atoms with Crippen LogP contribution in [0, 0.1) is 11.2 Å². The summed E-state index contributed by atoms with van der Waals surface area (Å²) in [6.45, 7) is 1.51. The molecule has 0 unspecified atom stereocenters. The lowest BCUT2D eigenvalue weighted by atomic mass is 10.1. The Hall–Kier alpha value is -3.53. The van der Waals surface area contributed by atoms with E-state index in [1.54, 1.807) is 24.3 Å². The van der Waals surface area contributed by atoms with E-state index in [1.807, 2.05) is 4.90 Å². The van der Waals surface area contributed by atoms with Gasteiger partial charge in [0.25, 0.3) is 5.91 Å². The van der Waals surface area contributed by atoms with Gasteiger partial charge in [-0.1, -0.05) is 0 Å². The minimum absolute atomic E-state index is 0.000993. The number of fused-ring (bicyclic) bond motifs is 1. The van der Waals surface area contributed by atoms with Crippen molar-refractivity contribution in [3.63, 3.8) is 0 Å². The van der Waals surface area contributed by atoms with Gasteiger partial charge in [-0.2, -0.15) is 15.1 Å². The van der Waals surface area contributed by atoms with Crippen LogP contribution in [0.5, 0.6) is 0 Å². The summed E-state index contributed by atoms with van der Waals surface area (Å²) in [7, 11) is 0. The van der Waals surface area contributed by atoms with Crippen molar-refractivity contribution in [3.05, 3.63) is 53.5 Å². The lowest BCUT2D eigenvalue weighted by molar-refractivity contribution is -0.130. The Balaban J connectivity index is 1.33. The highest BCUT2D eigenvalue weighted by Crippen LogP contribution is 2.31. The summed E-state index contributed by atoms with van der Waals surface area (Å²) in [5.41, 5.74) is 0.724. The van der Waals surface area contributed by atoms with Crippen LogP contribution in [0.2, 0.25) is 0 Å². The number of hydrogen-bond acceptors (Lipinski definition) is 6. The fourth-order valence-corrected chi connectivity index (χ4v) is 4.71. The first-order chi connectivity index (χ1) is 16.0. The van der Waals surface area contributed by atoms with Gasteiger partial charge in [-0.3, -0.25) is 15.0 Å². The van der Waals surface area contributed by atoms with Crippen LogP contribution in [0.1, 0.15) is 31.4 Å². The number of hydrogen-bond donors (Lipinski definition) is 1. The Morgan fingerprint density at radius 3 is 2.67 bits per heavy atom. The number of aliphatic imine (C=N–C) groups is 1. The van der Waals surface area contributed by atoms with Crippen LogP contribution < -0.4 is 0 Å². The number of nitrogens with one attached hydrogen (secondary N) is 1. The summed E-state index contributed by atoms with van der Waals surface area (Å²) in [4.78, 5) is 31.0. The Morgan fingerprint density at radius 1 is 1.15 bits per heavy atom. The highest BCUT2D eigenvalue weighted by atomic mass is 32.2. The predicted octanol–water partition coefficient (Wildman–Crippen LogP) is 4.11. The van der Waals surface area contributed by atoms with E-state index < -0.39 is 5.91 Å². The van der Waals surface area contributed by atoms with Crippen molar-refractivity contribution in [1.29, 1.82) is 5.41 Å². The van der Waals surface area contributed by atoms with E-state index >= 15 is 0 Å². The highest BCUT2D eigenvalue weighted by Gasteiger charge is 2.36. The number of thioether (sulfide) groups is 1. The molecule has 33 heavy (non-hydrogen) atoms. The van der Waals surface area contributed by atoms with Crippen molar-refractivity contribution in [2.24, 2.45) is 10.1 Å². The molecule has 2 aromatic rings. The number of nitrogens with zero attached hydrogens (tertiary/aromatic N) is 4. The third kappa shape index (κ3) is 4.38. The van der Waals surface area contributed by atoms with Crippen LogP contribution >= 0.6 is 11.8 Å². The number of rotatable bonds is 4. The van der Waals surface area contributed by atoms with Gasteiger partial charge in [-0.05, 0) is 73.5 Å². The van der Waals surface area contributed by atoms with E-state index in [2.05, 4.69) is 10.1 Å². The van der Waals surface area contributed by atoms with Gasteiger partial charge in [0.2, 0.25) is 11.1 Å². The number of carbonyl (C=O) groups excluding carboxylic acids is 2. The van der Waals surface area contributed by atoms with Gasteiger partial charge in [-0.15, -0.1) is 0 Å². The van der Waals surface area contributed by atoms with Gasteiger partial charge in [-0.25, -0.2) is 4.39 Å². The molecule has 168 valence electrons. The summed E-state index contributed by atoms with van der Waals surface area (Å²) >= 11 is 1.14. The quantitative estimate of drug-likeness (QED) is 0.685. The largest absolute Gasteiger partial charge is 0.457 e. The molecule has 0 saturated carbocycles. The van der Waals surface area contributed by atoms with Crippen LogP contribution in [0.25, 0.3) is 17.4 Å². The van der Waals surface area contributed by atoms with Crippen molar-refractivity contribution in [1.82, 2.24) is 9.91 Å². The van der Waals surface area contributed by atoms with Crippen LogP contribution in [0.3, 0.4) is 0 Å². The second-order valence-electron chi connectivity index (χ2n) is 7.84. The Labute approximate surface area is 193 Å². The van der Waals surface area contributed by atoms with E-state index in [4.69, 9.17) is 9.83 Å². The number of carbonyl (C=O) groups is 2. The maximum absolute atomic E-state index is 13.2. The predicted molar refractivity (Wildman–Crippen MR) is 124 cm³/mol. The Morgan fingerprint density at radius 2 is 1.91 bits per heavy atom. The van der Waals surface area contributed by atoms with E-state index in [0.717, 1.165) is 44.1 Å². The lowest BCUT2D eigenvalue weighted by Gasteiger charge is -2.26. The normalized spacial score (nSPS) is 19.6. The van der Waals surface area contributed by atoms with Gasteiger partial charge >= 0.3 is 0 Å². The van der Waals surface area contributed by atoms with Crippen LogP contribution in [-0.4, -0.2) is 50.9 Å². The molecule has 8 nitrogen and oxygen atoms in total. The average molecular weight is 466 g/mol. The maximum Gasteiger partial charge on any atom is 0.283 e. The molecule has 1 aromatic heterocycles. The molecule has 5 rings (SSSR count). The molecular weight excluding hydrogens is 445 g/mol. The number of benzene rings is 1. The van der Waals surface area contributed by atoms with E-state index in [-0.39, 0.29) is 34.7 Å². The zero-order valence-corrected chi connectivity index (χ0v) is 18.4. The number of furan rings is 1. The molecule has 1 fully saturated rings. The molecule has 1 N–H and O–H groups in total. The summed E-state index contributed by atoms with van der Waals surface area (Å²) in [6.07, 6.45) is 4.72. The van der Waals surface area contributed by atoms with Gasteiger partial charge in [0.05, 0.1) is 12.0 Å². The molecule has 4 heterocycles. The molecule has 3 aliphatic heterocycles. The SMILES string of the molecule is N=C1/C(=C/c2ccc(-c3ccc(F)cc3)o2)C(=O)N=C2SC(CC(=O)N3CCCCC3)=NN12. The topological polar surface area (TPSA) is 102 Å². The van der Waals surface area contributed by atoms with Crippen molar-refractivity contribution in [2.75, 3.05) is 13.1 Å². The van der Waals surface area contributed by atoms with Crippen molar-refractivity contribution < 1.29 is 18.4 Å². The lowest BCUT2D eigenvalue weighted by Crippen LogP contribution is -2.36. The first-order valence-corrected chi connectivity index (χ1v) is 11.4. The summed E-state index contributed by atoms with van der Waals surface area (Å²) in [6, 6.07) is 9.23. The zero-order chi connectivity index (χ0) is 22.9. The smallest absolute Gasteiger partial charge is 0.283 e. The average Bonchev–Trinajstić information content (AvgIpc) is 3.45. The van der Waals surface area contributed by atoms with Crippen molar-refractivity contribution in [2.45, 2.75) is 25.7 Å². The van der Waals surface area contributed by atoms with Gasteiger partial charge in [0.15, 0.2) is 5.84 Å². The molecule has 0 bridgehead atoms. The van der Waals surface area contributed by atoms with Gasteiger partial charge < -0.3 is 9.32 Å². The van der Waals surface area contributed by atoms with Gasteiger partial charge in [0, 0.05) is 18.7 Å². The third-order valence-electron chi connectivity index (χ3n) is 5.55. The minimum atomic E-state index is -0.572. The Kier molecular flexibility index (Phi) is 5.67. The molecule has 0 spiro atoms. The zero-order valence-electron chi connectivity index (χ0n) is 17.6. The maximum atomic E-state index is 13.2. The molecule has 3 aliphatic rings. The molecule has 0 atom stereocenters. The number of halogens is 1. The number of amides is 2. The third-order valence-corrected chi connectivity index (χ3v) is 6.46. The number of likely N-dealkylation sites (tertiary alicyclic amines) is 1. The standard InChI is InChI=1S/C23H20FN5O3S/c24-15-6-4-14(5-7-15)18-9-8-16(32-18)12-17-21(25)29-23(26-22(17)31)33-19(27-29)13-20(30)28-10-2-1-3-11-28/h4-9,12,25H,1-3,10-11,13H2/b17-12-,25-21?. The highest BCUT2D eigenvalue weighted by molar-refractivity contribution is 8.27. The molecule has 10 heteroatoms. The minimum Gasteiger partial charge on any atom is -0.457 e. The van der Waals surface area contributed by atoms with E-state index in [9.17, 15) is 14.0 Å². The monoisotopic (exact) mass is 465 g/mol. The van der Waals surface area contributed by atoms with Crippen LogP contribution in [0.4, 0.5) is 4.39 Å². The van der Waals surface area contributed by atoms with E-state index in [1.165, 1.54) is 23.2 Å². The number of piperidine rings is 1. The first kappa shape index (κ1) is 21.3. The van der Waals surface area contributed by atoms with Gasteiger partial charge in [0.1, 0.15) is 22.4 Å². The fraction of sp³-hybridized carbons (Fsp3) is 0.261. The van der Waals surface area contributed by atoms with E-state index in [0.29, 0.717) is 22.1 Å². The first-order valence-electron chi connectivity index (χ1n) is 10.6.